The van der Waals surface area contributed by atoms with Crippen molar-refractivity contribution in [1.29, 1.82) is 0 Å². The third-order valence-electron chi connectivity index (χ3n) is 2.82. The third kappa shape index (κ3) is 3.12. The summed E-state index contributed by atoms with van der Waals surface area (Å²) in [6.45, 7) is 3.65. The fraction of sp³-hybridized carbons (Fsp3) is 0.462. The Labute approximate surface area is 102 Å². The Morgan fingerprint density at radius 2 is 2.18 bits per heavy atom. The van der Waals surface area contributed by atoms with Crippen LogP contribution in [0.1, 0.15) is 31.4 Å². The summed E-state index contributed by atoms with van der Waals surface area (Å²) in [5.74, 6) is 1.45. The molecule has 1 aromatic carbocycles. The molecule has 1 unspecified atom stereocenters. The minimum absolute atomic E-state index is 0.208. The SMILES string of the molecule is CCCCOc1ccc(C2CN=C(N)N2)cc1. The van der Waals surface area contributed by atoms with Crippen LogP contribution in [-0.4, -0.2) is 19.1 Å². The number of benzene rings is 1. The first-order valence-electron chi connectivity index (χ1n) is 6.09. The monoisotopic (exact) mass is 233 g/mol. The Balaban J connectivity index is 1.89. The van der Waals surface area contributed by atoms with Crippen molar-refractivity contribution in [2.24, 2.45) is 10.7 Å². The summed E-state index contributed by atoms with van der Waals surface area (Å²) < 4.78 is 5.61. The van der Waals surface area contributed by atoms with E-state index in [1.165, 1.54) is 5.56 Å². The van der Waals surface area contributed by atoms with Gasteiger partial charge in [0.15, 0.2) is 5.96 Å². The third-order valence-corrected chi connectivity index (χ3v) is 2.82. The second-order valence-electron chi connectivity index (χ2n) is 4.19. The van der Waals surface area contributed by atoms with Crippen LogP contribution in [0.25, 0.3) is 0 Å². The molecule has 4 nitrogen and oxygen atoms in total. The topological polar surface area (TPSA) is 59.6 Å². The van der Waals surface area contributed by atoms with Crippen LogP contribution in [0.2, 0.25) is 0 Å². The zero-order valence-corrected chi connectivity index (χ0v) is 10.1. The van der Waals surface area contributed by atoms with Crippen molar-refractivity contribution >= 4 is 5.96 Å². The Morgan fingerprint density at radius 3 is 2.76 bits per heavy atom. The van der Waals surface area contributed by atoms with E-state index in [1.807, 2.05) is 12.1 Å². The quantitative estimate of drug-likeness (QED) is 0.763. The fourth-order valence-corrected chi connectivity index (χ4v) is 1.78. The highest BCUT2D eigenvalue weighted by atomic mass is 16.5. The molecule has 1 atom stereocenters. The van der Waals surface area contributed by atoms with E-state index in [9.17, 15) is 0 Å². The van der Waals surface area contributed by atoms with Crippen LogP contribution in [0.4, 0.5) is 0 Å². The Hall–Kier alpha value is -1.71. The molecule has 1 heterocycles. The molecule has 0 radical (unpaired) electrons. The van der Waals surface area contributed by atoms with E-state index in [0.29, 0.717) is 12.5 Å². The van der Waals surface area contributed by atoms with Gasteiger partial charge >= 0.3 is 0 Å². The van der Waals surface area contributed by atoms with Gasteiger partial charge in [-0.15, -0.1) is 0 Å². The maximum absolute atomic E-state index is 5.61. The summed E-state index contributed by atoms with van der Waals surface area (Å²) >= 11 is 0. The van der Waals surface area contributed by atoms with Crippen molar-refractivity contribution < 1.29 is 4.74 Å². The maximum atomic E-state index is 5.61. The molecule has 0 bridgehead atoms. The fourth-order valence-electron chi connectivity index (χ4n) is 1.78. The molecule has 0 spiro atoms. The molecular weight excluding hydrogens is 214 g/mol. The van der Waals surface area contributed by atoms with Gasteiger partial charge in [0.05, 0.1) is 19.2 Å². The molecule has 0 aromatic heterocycles. The van der Waals surface area contributed by atoms with Gasteiger partial charge in [-0.25, -0.2) is 0 Å². The van der Waals surface area contributed by atoms with Crippen molar-refractivity contribution in [3.63, 3.8) is 0 Å². The van der Waals surface area contributed by atoms with E-state index in [0.717, 1.165) is 25.2 Å². The van der Waals surface area contributed by atoms with Crippen LogP contribution < -0.4 is 15.8 Å². The zero-order valence-electron chi connectivity index (χ0n) is 10.1. The van der Waals surface area contributed by atoms with E-state index in [2.05, 4.69) is 29.4 Å². The molecule has 0 saturated heterocycles. The molecule has 1 aliphatic heterocycles. The Bertz CT molecular complexity index is 386. The number of unbranched alkanes of at least 4 members (excludes halogenated alkanes) is 1. The molecule has 17 heavy (non-hydrogen) atoms. The first kappa shape index (κ1) is 11.8. The van der Waals surface area contributed by atoms with Gasteiger partial charge in [0, 0.05) is 0 Å². The molecule has 2 rings (SSSR count). The van der Waals surface area contributed by atoms with Gasteiger partial charge in [-0.3, -0.25) is 4.99 Å². The number of nitrogens with two attached hydrogens (primary N) is 1. The summed E-state index contributed by atoms with van der Waals surface area (Å²) in [4.78, 5) is 4.13. The van der Waals surface area contributed by atoms with Crippen molar-refractivity contribution in [3.05, 3.63) is 29.8 Å². The summed E-state index contributed by atoms with van der Waals surface area (Å²) in [6, 6.07) is 8.34. The lowest BCUT2D eigenvalue weighted by Crippen LogP contribution is -2.29. The lowest BCUT2D eigenvalue weighted by atomic mass is 10.1. The lowest BCUT2D eigenvalue weighted by molar-refractivity contribution is 0.309. The number of guanidine groups is 1. The van der Waals surface area contributed by atoms with Crippen molar-refractivity contribution in [1.82, 2.24) is 5.32 Å². The summed E-state index contributed by atoms with van der Waals surface area (Å²) in [6.07, 6.45) is 2.25. The predicted molar refractivity (Wildman–Crippen MR) is 69.2 cm³/mol. The van der Waals surface area contributed by atoms with Crippen LogP contribution in [0.5, 0.6) is 5.75 Å². The second kappa shape index (κ2) is 5.57. The smallest absolute Gasteiger partial charge is 0.189 e. The van der Waals surface area contributed by atoms with E-state index in [1.54, 1.807) is 0 Å². The van der Waals surface area contributed by atoms with Crippen molar-refractivity contribution in [2.75, 3.05) is 13.2 Å². The van der Waals surface area contributed by atoms with Crippen molar-refractivity contribution in [2.45, 2.75) is 25.8 Å². The summed E-state index contributed by atoms with van der Waals surface area (Å²) in [5.41, 5.74) is 6.78. The molecule has 92 valence electrons. The molecule has 1 aliphatic rings. The van der Waals surface area contributed by atoms with Crippen LogP contribution in [0, 0.1) is 0 Å². The van der Waals surface area contributed by atoms with E-state index in [-0.39, 0.29) is 6.04 Å². The Kier molecular flexibility index (Phi) is 3.85. The molecule has 4 heteroatoms. The van der Waals surface area contributed by atoms with Gasteiger partial charge in [0.25, 0.3) is 0 Å². The van der Waals surface area contributed by atoms with Gasteiger partial charge in [-0.1, -0.05) is 25.5 Å². The highest BCUT2D eigenvalue weighted by molar-refractivity contribution is 5.80. The lowest BCUT2D eigenvalue weighted by Gasteiger charge is -2.12. The number of rotatable bonds is 5. The number of hydrogen-bond donors (Lipinski definition) is 2. The zero-order chi connectivity index (χ0) is 12.1. The highest BCUT2D eigenvalue weighted by Gasteiger charge is 2.16. The first-order chi connectivity index (χ1) is 8.29. The molecule has 0 saturated carbocycles. The number of nitrogens with one attached hydrogen (secondary N) is 1. The number of aliphatic imine (C=N–C) groups is 1. The molecule has 3 N–H and O–H groups in total. The average Bonchev–Trinajstić information content (AvgIpc) is 2.77. The average molecular weight is 233 g/mol. The van der Waals surface area contributed by atoms with Crippen molar-refractivity contribution in [3.8, 4) is 5.75 Å². The van der Waals surface area contributed by atoms with Crippen LogP contribution in [0.15, 0.2) is 29.3 Å². The number of hydrogen-bond acceptors (Lipinski definition) is 4. The number of nitrogens with zero attached hydrogens (tertiary/aromatic N) is 1. The normalized spacial score (nSPS) is 18.6. The predicted octanol–water partition coefficient (Wildman–Crippen LogP) is 1.82. The summed E-state index contributed by atoms with van der Waals surface area (Å²) in [5, 5.41) is 3.13. The number of ether oxygens (including phenoxy) is 1. The van der Waals surface area contributed by atoms with Gasteiger partial charge in [-0.05, 0) is 24.1 Å². The van der Waals surface area contributed by atoms with E-state index < -0.39 is 0 Å². The van der Waals surface area contributed by atoms with E-state index in [4.69, 9.17) is 10.5 Å². The molecule has 0 fully saturated rings. The highest BCUT2D eigenvalue weighted by Crippen LogP contribution is 2.20. The molecular formula is C13H19N3O. The van der Waals surface area contributed by atoms with Gasteiger partial charge in [0.2, 0.25) is 0 Å². The maximum Gasteiger partial charge on any atom is 0.189 e. The van der Waals surface area contributed by atoms with Crippen LogP contribution >= 0.6 is 0 Å². The van der Waals surface area contributed by atoms with E-state index >= 15 is 0 Å². The first-order valence-corrected chi connectivity index (χ1v) is 6.09. The molecule has 1 aromatic rings. The van der Waals surface area contributed by atoms with Gasteiger partial charge in [0.1, 0.15) is 5.75 Å². The Morgan fingerprint density at radius 1 is 1.41 bits per heavy atom. The molecule has 0 amide bonds. The van der Waals surface area contributed by atoms with Gasteiger partial charge < -0.3 is 15.8 Å². The largest absolute Gasteiger partial charge is 0.494 e. The minimum atomic E-state index is 0.208. The van der Waals surface area contributed by atoms with Gasteiger partial charge in [-0.2, -0.15) is 0 Å². The standard InChI is InChI=1S/C13H19N3O/c1-2-3-8-17-11-6-4-10(5-7-11)12-9-15-13(14)16-12/h4-7,12H,2-3,8-9H2,1H3,(H3,14,15,16). The summed E-state index contributed by atoms with van der Waals surface area (Å²) in [7, 11) is 0. The minimum Gasteiger partial charge on any atom is -0.494 e. The van der Waals surface area contributed by atoms with Crippen LogP contribution in [0.3, 0.4) is 0 Å². The van der Waals surface area contributed by atoms with Crippen LogP contribution in [-0.2, 0) is 0 Å². The second-order valence-corrected chi connectivity index (χ2v) is 4.19. The molecule has 0 aliphatic carbocycles.